The van der Waals surface area contributed by atoms with Gasteiger partial charge >= 0.3 is 0 Å². The summed E-state index contributed by atoms with van der Waals surface area (Å²) >= 11 is 5.86. The predicted molar refractivity (Wildman–Crippen MR) is 75.1 cm³/mol. The first-order valence-electron chi connectivity index (χ1n) is 6.02. The molecule has 20 heavy (non-hydrogen) atoms. The quantitative estimate of drug-likeness (QED) is 0.727. The fourth-order valence-electron chi connectivity index (χ4n) is 1.98. The largest absolute Gasteiger partial charge is 0.362 e. The molecule has 1 unspecified atom stereocenters. The number of hydrogen-bond donors (Lipinski definition) is 2. The standard InChI is InChI=1S/C13H11ClFN5/c1-7(8-3-2-4-9(15)5-8)18-12-10-11(17-6-16-10)19-13(14)20-12/h2-7H,1H3,(H2,16,17,18,19,20). The van der Waals surface area contributed by atoms with Crippen molar-refractivity contribution in [3.63, 3.8) is 0 Å². The molecule has 0 bridgehead atoms. The van der Waals surface area contributed by atoms with Crippen LogP contribution >= 0.6 is 11.6 Å². The number of nitrogens with zero attached hydrogens (tertiary/aromatic N) is 3. The number of nitrogens with one attached hydrogen (secondary N) is 2. The van der Waals surface area contributed by atoms with E-state index in [4.69, 9.17) is 11.6 Å². The number of hydrogen-bond acceptors (Lipinski definition) is 4. The molecule has 0 fully saturated rings. The Morgan fingerprint density at radius 1 is 1.35 bits per heavy atom. The highest BCUT2D eigenvalue weighted by Gasteiger charge is 2.12. The lowest BCUT2D eigenvalue weighted by atomic mass is 10.1. The van der Waals surface area contributed by atoms with E-state index in [0.717, 1.165) is 5.56 Å². The molecule has 2 N–H and O–H groups in total. The van der Waals surface area contributed by atoms with Crippen LogP contribution < -0.4 is 5.32 Å². The zero-order valence-corrected chi connectivity index (χ0v) is 11.3. The molecule has 7 heteroatoms. The molecule has 0 spiro atoms. The molecule has 0 saturated carbocycles. The smallest absolute Gasteiger partial charge is 0.226 e. The summed E-state index contributed by atoms with van der Waals surface area (Å²) in [5.74, 6) is 0.262. The van der Waals surface area contributed by atoms with Crippen LogP contribution in [0.2, 0.25) is 5.28 Å². The average molecular weight is 292 g/mol. The monoisotopic (exact) mass is 291 g/mol. The number of halogens is 2. The van der Waals surface area contributed by atoms with Crippen molar-refractivity contribution in [2.75, 3.05) is 5.32 Å². The molecule has 1 atom stereocenters. The maximum atomic E-state index is 13.2. The third-order valence-electron chi connectivity index (χ3n) is 2.96. The first-order chi connectivity index (χ1) is 9.63. The van der Waals surface area contributed by atoms with Crippen LogP contribution in [-0.2, 0) is 0 Å². The normalized spacial score (nSPS) is 12.6. The minimum atomic E-state index is -0.274. The van der Waals surface area contributed by atoms with Gasteiger partial charge in [0, 0.05) is 0 Å². The van der Waals surface area contributed by atoms with E-state index in [1.807, 2.05) is 13.0 Å². The van der Waals surface area contributed by atoms with E-state index in [1.54, 1.807) is 6.07 Å². The molecular formula is C13H11ClFN5. The third-order valence-corrected chi connectivity index (χ3v) is 3.13. The minimum absolute atomic E-state index is 0.110. The molecule has 0 amide bonds. The number of anilines is 1. The van der Waals surface area contributed by atoms with Gasteiger partial charge in [0.2, 0.25) is 5.28 Å². The zero-order chi connectivity index (χ0) is 14.1. The van der Waals surface area contributed by atoms with Crippen molar-refractivity contribution in [1.29, 1.82) is 0 Å². The van der Waals surface area contributed by atoms with Crippen molar-refractivity contribution in [3.8, 4) is 0 Å². The highest BCUT2D eigenvalue weighted by Crippen LogP contribution is 2.24. The lowest BCUT2D eigenvalue weighted by molar-refractivity contribution is 0.623. The summed E-state index contributed by atoms with van der Waals surface area (Å²) in [4.78, 5) is 15.1. The van der Waals surface area contributed by atoms with Crippen molar-refractivity contribution < 1.29 is 4.39 Å². The molecule has 0 aliphatic rings. The molecule has 0 aliphatic heterocycles. The fraction of sp³-hybridized carbons (Fsp3) is 0.154. The van der Waals surface area contributed by atoms with Gasteiger partial charge in [0.15, 0.2) is 11.5 Å². The number of aromatic amines is 1. The van der Waals surface area contributed by atoms with Crippen molar-refractivity contribution in [1.82, 2.24) is 19.9 Å². The van der Waals surface area contributed by atoms with Crippen LogP contribution in [0.1, 0.15) is 18.5 Å². The Morgan fingerprint density at radius 2 is 2.20 bits per heavy atom. The van der Waals surface area contributed by atoms with Crippen LogP contribution in [0.3, 0.4) is 0 Å². The topological polar surface area (TPSA) is 66.5 Å². The first-order valence-corrected chi connectivity index (χ1v) is 6.40. The summed E-state index contributed by atoms with van der Waals surface area (Å²) in [6, 6.07) is 6.26. The van der Waals surface area contributed by atoms with Gasteiger partial charge in [-0.1, -0.05) is 12.1 Å². The third kappa shape index (κ3) is 2.42. The second-order valence-corrected chi connectivity index (χ2v) is 4.70. The Morgan fingerprint density at radius 3 is 3.00 bits per heavy atom. The van der Waals surface area contributed by atoms with E-state index >= 15 is 0 Å². The van der Waals surface area contributed by atoms with Crippen LogP contribution in [0.15, 0.2) is 30.6 Å². The van der Waals surface area contributed by atoms with Crippen molar-refractivity contribution in [2.45, 2.75) is 13.0 Å². The summed E-state index contributed by atoms with van der Waals surface area (Å²) in [6.45, 7) is 1.91. The molecule has 1 aromatic carbocycles. The summed E-state index contributed by atoms with van der Waals surface area (Å²) in [5.41, 5.74) is 1.96. The number of imidazole rings is 1. The van der Waals surface area contributed by atoms with E-state index in [-0.39, 0.29) is 17.1 Å². The predicted octanol–water partition coefficient (Wildman–Crippen LogP) is 3.32. The van der Waals surface area contributed by atoms with Gasteiger partial charge < -0.3 is 10.3 Å². The average Bonchev–Trinajstić information content (AvgIpc) is 2.86. The number of benzene rings is 1. The number of H-pyrrole nitrogens is 1. The highest BCUT2D eigenvalue weighted by atomic mass is 35.5. The molecule has 0 radical (unpaired) electrons. The minimum Gasteiger partial charge on any atom is -0.362 e. The second-order valence-electron chi connectivity index (χ2n) is 4.36. The van der Waals surface area contributed by atoms with E-state index in [9.17, 15) is 4.39 Å². The van der Waals surface area contributed by atoms with Crippen LogP contribution in [0.4, 0.5) is 10.2 Å². The first kappa shape index (κ1) is 12.8. The van der Waals surface area contributed by atoms with Crippen molar-refractivity contribution in [2.24, 2.45) is 0 Å². The Bertz CT molecular complexity index is 757. The maximum absolute atomic E-state index is 13.2. The molecule has 3 aromatic rings. The molecule has 3 rings (SSSR count). The van der Waals surface area contributed by atoms with Gasteiger partial charge in [0.05, 0.1) is 12.4 Å². The van der Waals surface area contributed by atoms with E-state index in [1.165, 1.54) is 18.5 Å². The van der Waals surface area contributed by atoms with Gasteiger partial charge in [0.1, 0.15) is 11.3 Å². The van der Waals surface area contributed by atoms with Crippen molar-refractivity contribution >= 4 is 28.6 Å². The fourth-order valence-corrected chi connectivity index (χ4v) is 2.14. The zero-order valence-electron chi connectivity index (χ0n) is 10.6. The summed E-state index contributed by atoms with van der Waals surface area (Å²) in [6.07, 6.45) is 1.52. The van der Waals surface area contributed by atoms with Gasteiger partial charge in [-0.25, -0.2) is 9.37 Å². The van der Waals surface area contributed by atoms with Crippen LogP contribution in [0, 0.1) is 5.82 Å². The summed E-state index contributed by atoms with van der Waals surface area (Å²) in [5, 5.41) is 3.29. The van der Waals surface area contributed by atoms with Crippen LogP contribution in [-0.4, -0.2) is 19.9 Å². The molecule has 2 aromatic heterocycles. The Hall–Kier alpha value is -2.21. The molecule has 0 aliphatic carbocycles. The van der Waals surface area contributed by atoms with Gasteiger partial charge in [-0.05, 0) is 36.2 Å². The molecule has 0 saturated heterocycles. The number of aromatic nitrogens is 4. The SMILES string of the molecule is CC(Nc1nc(Cl)nc2nc[nH]c12)c1cccc(F)c1. The van der Waals surface area contributed by atoms with Crippen molar-refractivity contribution in [3.05, 3.63) is 47.3 Å². The van der Waals surface area contributed by atoms with Gasteiger partial charge in [-0.15, -0.1) is 0 Å². The maximum Gasteiger partial charge on any atom is 0.226 e. The molecule has 5 nitrogen and oxygen atoms in total. The highest BCUT2D eigenvalue weighted by molar-refractivity contribution is 6.28. The summed E-state index contributed by atoms with van der Waals surface area (Å²) < 4.78 is 13.2. The molecule has 102 valence electrons. The van der Waals surface area contributed by atoms with Crippen LogP contribution in [0.25, 0.3) is 11.2 Å². The van der Waals surface area contributed by atoms with E-state index in [0.29, 0.717) is 17.0 Å². The van der Waals surface area contributed by atoms with E-state index in [2.05, 4.69) is 25.3 Å². The Labute approximate surface area is 119 Å². The van der Waals surface area contributed by atoms with Crippen LogP contribution in [0.5, 0.6) is 0 Å². The number of rotatable bonds is 3. The number of fused-ring (bicyclic) bond motifs is 1. The lowest BCUT2D eigenvalue weighted by Gasteiger charge is -2.15. The molecule has 2 heterocycles. The van der Waals surface area contributed by atoms with Gasteiger partial charge in [-0.2, -0.15) is 9.97 Å². The molecular weight excluding hydrogens is 281 g/mol. The van der Waals surface area contributed by atoms with Gasteiger partial charge in [-0.3, -0.25) is 0 Å². The second kappa shape index (κ2) is 5.05. The Balaban J connectivity index is 1.94. The van der Waals surface area contributed by atoms with E-state index < -0.39 is 0 Å². The lowest BCUT2D eigenvalue weighted by Crippen LogP contribution is -2.09. The van der Waals surface area contributed by atoms with Gasteiger partial charge in [0.25, 0.3) is 0 Å². The summed E-state index contributed by atoms with van der Waals surface area (Å²) in [7, 11) is 0. The Kier molecular flexibility index (Phi) is 3.23.